The SMILES string of the molecule is CCNC(=NCc1cccc(OCCOC)c1)N(C)CC1CCOC1.I. The maximum Gasteiger partial charge on any atom is 0.193 e. The third-order valence-electron chi connectivity index (χ3n) is 4.12. The number of hydrogen-bond donors (Lipinski definition) is 1. The first-order valence-corrected chi connectivity index (χ1v) is 9.00. The Morgan fingerprint density at radius 1 is 1.38 bits per heavy atom. The molecule has 1 aliphatic heterocycles. The Morgan fingerprint density at radius 3 is 2.92 bits per heavy atom. The lowest BCUT2D eigenvalue weighted by Crippen LogP contribution is -2.41. The summed E-state index contributed by atoms with van der Waals surface area (Å²) in [6.07, 6.45) is 1.13. The third-order valence-corrected chi connectivity index (χ3v) is 4.12. The van der Waals surface area contributed by atoms with Crippen molar-refractivity contribution in [2.75, 3.05) is 53.7 Å². The smallest absolute Gasteiger partial charge is 0.193 e. The molecule has 26 heavy (non-hydrogen) atoms. The summed E-state index contributed by atoms with van der Waals surface area (Å²) in [5.74, 6) is 2.37. The molecule has 2 rings (SSSR count). The van der Waals surface area contributed by atoms with Crippen molar-refractivity contribution in [1.29, 1.82) is 0 Å². The molecule has 1 N–H and O–H groups in total. The largest absolute Gasteiger partial charge is 0.491 e. The molecule has 0 bridgehead atoms. The normalized spacial score (nSPS) is 16.9. The van der Waals surface area contributed by atoms with E-state index in [4.69, 9.17) is 19.2 Å². The zero-order valence-electron chi connectivity index (χ0n) is 16.1. The number of aliphatic imine (C=N–C) groups is 1. The Kier molecular flexibility index (Phi) is 11.6. The van der Waals surface area contributed by atoms with Crippen LogP contribution >= 0.6 is 24.0 Å². The topological polar surface area (TPSA) is 55.3 Å². The minimum absolute atomic E-state index is 0. The second-order valence-corrected chi connectivity index (χ2v) is 6.27. The van der Waals surface area contributed by atoms with Gasteiger partial charge < -0.3 is 24.4 Å². The first-order valence-electron chi connectivity index (χ1n) is 9.00. The molecule has 1 aromatic rings. The zero-order valence-corrected chi connectivity index (χ0v) is 18.4. The molecular weight excluding hydrogens is 445 g/mol. The molecule has 0 saturated carbocycles. The lowest BCUT2D eigenvalue weighted by atomic mass is 10.1. The minimum atomic E-state index is 0. The average molecular weight is 477 g/mol. The van der Waals surface area contributed by atoms with Crippen molar-refractivity contribution < 1.29 is 14.2 Å². The second-order valence-electron chi connectivity index (χ2n) is 6.27. The van der Waals surface area contributed by atoms with Crippen molar-refractivity contribution in [2.24, 2.45) is 10.9 Å². The average Bonchev–Trinajstić information content (AvgIpc) is 3.12. The van der Waals surface area contributed by atoms with Gasteiger partial charge in [-0.25, -0.2) is 4.99 Å². The summed E-state index contributed by atoms with van der Waals surface area (Å²) in [6, 6.07) is 8.06. The van der Waals surface area contributed by atoms with Gasteiger partial charge in [0.05, 0.1) is 19.8 Å². The number of guanidine groups is 1. The predicted octanol–water partition coefficient (Wildman–Crippen LogP) is 2.76. The monoisotopic (exact) mass is 477 g/mol. The molecule has 7 heteroatoms. The number of methoxy groups -OCH3 is 1. The molecule has 6 nitrogen and oxygen atoms in total. The summed E-state index contributed by atoms with van der Waals surface area (Å²) in [6.45, 7) is 7.39. The van der Waals surface area contributed by atoms with Gasteiger partial charge in [0, 0.05) is 39.8 Å². The maximum atomic E-state index is 5.66. The molecule has 1 unspecified atom stereocenters. The van der Waals surface area contributed by atoms with E-state index in [1.54, 1.807) is 7.11 Å². The highest BCUT2D eigenvalue weighted by molar-refractivity contribution is 14.0. The van der Waals surface area contributed by atoms with Crippen LogP contribution in [0.25, 0.3) is 0 Å². The molecule has 0 amide bonds. The molecule has 0 spiro atoms. The van der Waals surface area contributed by atoms with E-state index in [1.807, 2.05) is 18.2 Å². The Bertz CT molecular complexity index is 537. The Morgan fingerprint density at radius 2 is 2.23 bits per heavy atom. The number of ether oxygens (including phenoxy) is 3. The minimum Gasteiger partial charge on any atom is -0.491 e. The summed E-state index contributed by atoms with van der Waals surface area (Å²) < 4.78 is 16.1. The van der Waals surface area contributed by atoms with E-state index in [0.29, 0.717) is 25.7 Å². The highest BCUT2D eigenvalue weighted by Crippen LogP contribution is 2.15. The molecule has 0 aromatic heterocycles. The number of hydrogen-bond acceptors (Lipinski definition) is 4. The lowest BCUT2D eigenvalue weighted by molar-refractivity contribution is 0.146. The van der Waals surface area contributed by atoms with Gasteiger partial charge in [-0.1, -0.05) is 12.1 Å². The van der Waals surface area contributed by atoms with E-state index in [9.17, 15) is 0 Å². The van der Waals surface area contributed by atoms with Gasteiger partial charge in [0.1, 0.15) is 12.4 Å². The summed E-state index contributed by atoms with van der Waals surface area (Å²) in [5, 5.41) is 3.37. The summed E-state index contributed by atoms with van der Waals surface area (Å²) in [5.41, 5.74) is 1.13. The molecule has 1 fully saturated rings. The van der Waals surface area contributed by atoms with E-state index >= 15 is 0 Å². The van der Waals surface area contributed by atoms with Crippen LogP contribution in [0.4, 0.5) is 0 Å². The van der Waals surface area contributed by atoms with Gasteiger partial charge in [-0.3, -0.25) is 0 Å². The van der Waals surface area contributed by atoms with E-state index in [0.717, 1.165) is 50.0 Å². The van der Waals surface area contributed by atoms with Gasteiger partial charge in [-0.15, -0.1) is 24.0 Å². The zero-order chi connectivity index (χ0) is 17.9. The highest BCUT2D eigenvalue weighted by Gasteiger charge is 2.19. The predicted molar refractivity (Wildman–Crippen MR) is 116 cm³/mol. The van der Waals surface area contributed by atoms with Gasteiger partial charge in [-0.2, -0.15) is 0 Å². The number of halogens is 1. The number of nitrogens with one attached hydrogen (secondary N) is 1. The molecule has 1 saturated heterocycles. The maximum absolute atomic E-state index is 5.66. The number of rotatable bonds is 9. The van der Waals surface area contributed by atoms with E-state index in [2.05, 4.69) is 30.3 Å². The summed E-state index contributed by atoms with van der Waals surface area (Å²) in [4.78, 5) is 6.97. The van der Waals surface area contributed by atoms with Crippen molar-refractivity contribution >= 4 is 29.9 Å². The van der Waals surface area contributed by atoms with Crippen LogP contribution in [-0.2, 0) is 16.0 Å². The Balaban J connectivity index is 0.00000338. The van der Waals surface area contributed by atoms with Gasteiger partial charge in [-0.05, 0) is 31.0 Å². The van der Waals surface area contributed by atoms with Crippen molar-refractivity contribution in [3.8, 4) is 5.75 Å². The molecule has 1 atom stereocenters. The first-order chi connectivity index (χ1) is 12.2. The number of benzene rings is 1. The summed E-state index contributed by atoms with van der Waals surface area (Å²) in [7, 11) is 3.76. The van der Waals surface area contributed by atoms with Gasteiger partial charge in [0.2, 0.25) is 0 Å². The van der Waals surface area contributed by atoms with Crippen molar-refractivity contribution in [3.05, 3.63) is 29.8 Å². The van der Waals surface area contributed by atoms with Crippen molar-refractivity contribution in [2.45, 2.75) is 19.9 Å². The Labute approximate surface area is 174 Å². The van der Waals surface area contributed by atoms with Gasteiger partial charge in [0.25, 0.3) is 0 Å². The van der Waals surface area contributed by atoms with Crippen LogP contribution < -0.4 is 10.1 Å². The van der Waals surface area contributed by atoms with Crippen LogP contribution in [0.5, 0.6) is 5.75 Å². The van der Waals surface area contributed by atoms with Gasteiger partial charge in [0.15, 0.2) is 5.96 Å². The molecule has 0 radical (unpaired) electrons. The van der Waals surface area contributed by atoms with Crippen LogP contribution in [0.3, 0.4) is 0 Å². The fourth-order valence-electron chi connectivity index (χ4n) is 2.81. The van der Waals surface area contributed by atoms with E-state index in [1.165, 1.54) is 0 Å². The van der Waals surface area contributed by atoms with Crippen LogP contribution in [0, 0.1) is 5.92 Å². The standard InChI is InChI=1S/C19H31N3O3.HI/c1-4-20-19(22(2)14-17-8-9-24-15-17)21-13-16-6-5-7-18(12-16)25-11-10-23-3;/h5-7,12,17H,4,8-11,13-15H2,1-3H3,(H,20,21);1H. The third kappa shape index (κ3) is 8.09. The van der Waals surface area contributed by atoms with Crippen molar-refractivity contribution in [1.82, 2.24) is 10.2 Å². The highest BCUT2D eigenvalue weighted by atomic mass is 127. The lowest BCUT2D eigenvalue weighted by Gasteiger charge is -2.24. The van der Waals surface area contributed by atoms with Crippen molar-refractivity contribution in [3.63, 3.8) is 0 Å². The second kappa shape index (κ2) is 13.2. The van der Waals surface area contributed by atoms with E-state index in [-0.39, 0.29) is 24.0 Å². The first kappa shape index (κ1) is 23.0. The molecular formula is C19H32IN3O3. The van der Waals surface area contributed by atoms with E-state index < -0.39 is 0 Å². The quantitative estimate of drug-likeness (QED) is 0.257. The fraction of sp³-hybridized carbons (Fsp3) is 0.632. The van der Waals surface area contributed by atoms with Crippen LogP contribution in [0.2, 0.25) is 0 Å². The van der Waals surface area contributed by atoms with Crippen LogP contribution in [0.15, 0.2) is 29.3 Å². The molecule has 0 aliphatic carbocycles. The molecule has 1 aliphatic rings. The fourth-order valence-corrected chi connectivity index (χ4v) is 2.81. The van der Waals surface area contributed by atoms with Gasteiger partial charge >= 0.3 is 0 Å². The molecule has 148 valence electrons. The summed E-state index contributed by atoms with van der Waals surface area (Å²) >= 11 is 0. The van der Waals surface area contributed by atoms with Crippen LogP contribution in [0.1, 0.15) is 18.9 Å². The number of nitrogens with zero attached hydrogens (tertiary/aromatic N) is 2. The molecule has 1 heterocycles. The van der Waals surface area contributed by atoms with Crippen LogP contribution in [-0.4, -0.2) is 64.5 Å². The Hall–Kier alpha value is -1.06. The molecule has 1 aromatic carbocycles.